The first-order valence-corrected chi connectivity index (χ1v) is 7.71. The summed E-state index contributed by atoms with van der Waals surface area (Å²) in [5.41, 5.74) is -1.05. The van der Waals surface area contributed by atoms with Crippen molar-refractivity contribution >= 4 is 0 Å². The molecule has 7 heteroatoms. The molecule has 3 rings (SSSR count). The number of hydrogen-bond acceptors (Lipinski definition) is 7. The van der Waals surface area contributed by atoms with E-state index in [0.717, 1.165) is 26.1 Å². The summed E-state index contributed by atoms with van der Waals surface area (Å²) in [5.74, 6) is 0.837. The molecule has 0 aliphatic carbocycles. The van der Waals surface area contributed by atoms with E-state index in [4.69, 9.17) is 9.26 Å². The van der Waals surface area contributed by atoms with Crippen molar-refractivity contribution in [3.63, 3.8) is 0 Å². The minimum atomic E-state index is -1.05. The van der Waals surface area contributed by atoms with Crippen LogP contribution in [-0.2, 0) is 10.3 Å². The Morgan fingerprint density at radius 2 is 2.33 bits per heavy atom. The molecule has 21 heavy (non-hydrogen) atoms. The number of aromatic nitrogens is 2. The average Bonchev–Trinajstić information content (AvgIpc) is 2.99. The van der Waals surface area contributed by atoms with Crippen LogP contribution in [0.3, 0.4) is 0 Å². The molecule has 2 aliphatic rings. The second kappa shape index (κ2) is 6.00. The summed E-state index contributed by atoms with van der Waals surface area (Å²) < 4.78 is 11.1. The maximum Gasteiger partial charge on any atom is 0.260 e. The number of piperidine rings is 1. The van der Waals surface area contributed by atoms with Crippen LogP contribution in [0.5, 0.6) is 0 Å². The monoisotopic (exact) mass is 296 g/mol. The van der Waals surface area contributed by atoms with Crippen LogP contribution in [0.25, 0.3) is 0 Å². The highest BCUT2D eigenvalue weighted by Gasteiger charge is 2.38. The zero-order valence-electron chi connectivity index (χ0n) is 12.7. The van der Waals surface area contributed by atoms with Crippen LogP contribution in [0.4, 0.5) is 0 Å². The Labute approximate surface area is 124 Å². The van der Waals surface area contributed by atoms with Gasteiger partial charge in [-0.1, -0.05) is 5.16 Å². The van der Waals surface area contributed by atoms with Crippen molar-refractivity contribution in [1.29, 1.82) is 0 Å². The number of ether oxygens (including phenoxy) is 1. The fourth-order valence-electron chi connectivity index (χ4n) is 2.92. The summed E-state index contributed by atoms with van der Waals surface area (Å²) in [4.78, 5) is 6.74. The van der Waals surface area contributed by atoms with E-state index in [1.54, 1.807) is 0 Å². The molecule has 0 spiro atoms. The van der Waals surface area contributed by atoms with Gasteiger partial charge in [-0.2, -0.15) is 4.98 Å². The van der Waals surface area contributed by atoms with Crippen molar-refractivity contribution in [3.8, 4) is 0 Å². The zero-order chi connectivity index (χ0) is 14.9. The van der Waals surface area contributed by atoms with Crippen molar-refractivity contribution in [2.75, 3.05) is 32.8 Å². The molecular formula is C14H24N4O3. The molecule has 2 fully saturated rings. The molecule has 2 unspecified atom stereocenters. The van der Waals surface area contributed by atoms with Crippen LogP contribution in [0, 0.1) is 0 Å². The number of rotatable bonds is 3. The fraction of sp³-hybridized carbons (Fsp3) is 0.857. The lowest BCUT2D eigenvalue weighted by Crippen LogP contribution is -2.44. The molecule has 0 amide bonds. The van der Waals surface area contributed by atoms with Crippen molar-refractivity contribution < 1.29 is 14.4 Å². The minimum absolute atomic E-state index is 0.182. The van der Waals surface area contributed by atoms with E-state index in [2.05, 4.69) is 34.2 Å². The average molecular weight is 296 g/mol. The molecule has 3 heterocycles. The quantitative estimate of drug-likeness (QED) is 0.836. The lowest BCUT2D eigenvalue weighted by atomic mass is 9.94. The third kappa shape index (κ3) is 3.11. The number of nitrogens with zero attached hydrogens (tertiary/aromatic N) is 3. The largest absolute Gasteiger partial charge is 0.379 e. The van der Waals surface area contributed by atoms with Gasteiger partial charge in [-0.15, -0.1) is 0 Å². The Morgan fingerprint density at radius 1 is 1.48 bits per heavy atom. The van der Waals surface area contributed by atoms with Gasteiger partial charge in [0, 0.05) is 25.7 Å². The van der Waals surface area contributed by atoms with E-state index in [1.807, 2.05) is 0 Å². The molecule has 0 radical (unpaired) electrons. The van der Waals surface area contributed by atoms with Crippen molar-refractivity contribution in [2.45, 2.75) is 44.4 Å². The van der Waals surface area contributed by atoms with Crippen LogP contribution in [0.2, 0.25) is 0 Å². The Morgan fingerprint density at radius 3 is 3.05 bits per heavy atom. The molecule has 0 aromatic carbocycles. The molecule has 2 aliphatic heterocycles. The molecule has 2 atom stereocenters. The van der Waals surface area contributed by atoms with Gasteiger partial charge < -0.3 is 19.7 Å². The van der Waals surface area contributed by atoms with E-state index in [0.29, 0.717) is 37.3 Å². The first-order valence-electron chi connectivity index (χ1n) is 7.71. The van der Waals surface area contributed by atoms with E-state index in [1.165, 1.54) is 0 Å². The predicted octanol–water partition coefficient (Wildman–Crippen LogP) is 0.422. The molecule has 2 saturated heterocycles. The number of aliphatic hydroxyl groups is 1. The predicted molar refractivity (Wildman–Crippen MR) is 75.7 cm³/mol. The normalized spacial score (nSPS) is 31.7. The van der Waals surface area contributed by atoms with Gasteiger partial charge in [0.25, 0.3) is 5.89 Å². The Kier molecular flexibility index (Phi) is 4.26. The van der Waals surface area contributed by atoms with Crippen LogP contribution < -0.4 is 5.32 Å². The first-order chi connectivity index (χ1) is 10.1. The molecule has 7 nitrogen and oxygen atoms in total. The fourth-order valence-corrected chi connectivity index (χ4v) is 2.92. The molecule has 0 saturated carbocycles. The molecule has 118 valence electrons. The molecule has 2 N–H and O–H groups in total. The third-order valence-electron chi connectivity index (χ3n) is 4.32. The lowest BCUT2D eigenvalue weighted by Gasteiger charge is -2.34. The molecule has 1 aromatic heterocycles. The second-order valence-electron chi connectivity index (χ2n) is 6.22. The van der Waals surface area contributed by atoms with Gasteiger partial charge in [0.1, 0.15) is 6.10 Å². The van der Waals surface area contributed by atoms with E-state index >= 15 is 0 Å². The van der Waals surface area contributed by atoms with Crippen LogP contribution in [-0.4, -0.2) is 59.0 Å². The van der Waals surface area contributed by atoms with Gasteiger partial charge in [0.15, 0.2) is 5.60 Å². The van der Waals surface area contributed by atoms with Crippen LogP contribution >= 0.6 is 0 Å². The highest BCUT2D eigenvalue weighted by molar-refractivity contribution is 5.04. The van der Waals surface area contributed by atoms with E-state index in [-0.39, 0.29) is 6.10 Å². The number of morpholine rings is 1. The van der Waals surface area contributed by atoms with Gasteiger partial charge in [-0.05, 0) is 33.2 Å². The number of β-amino-alcohol motifs (C(OH)–C–C–N with tert-alkyl or cyclic N) is 1. The van der Waals surface area contributed by atoms with Crippen molar-refractivity contribution in [3.05, 3.63) is 11.7 Å². The Balaban J connectivity index is 1.72. The Bertz CT molecular complexity index is 471. The van der Waals surface area contributed by atoms with Crippen molar-refractivity contribution in [2.24, 2.45) is 0 Å². The summed E-state index contributed by atoms with van der Waals surface area (Å²) >= 11 is 0. The summed E-state index contributed by atoms with van der Waals surface area (Å²) in [6.07, 6.45) is 1.36. The SMILES string of the molecule is CC(C)N1CCOC(c2noc(C3(O)CCCNC3)n2)C1. The minimum Gasteiger partial charge on any atom is -0.379 e. The van der Waals surface area contributed by atoms with Gasteiger partial charge in [-0.3, -0.25) is 4.90 Å². The topological polar surface area (TPSA) is 83.7 Å². The molecule has 1 aromatic rings. The lowest BCUT2D eigenvalue weighted by molar-refractivity contribution is -0.0450. The van der Waals surface area contributed by atoms with Gasteiger partial charge in [0.2, 0.25) is 5.82 Å². The van der Waals surface area contributed by atoms with Crippen LogP contribution in [0.15, 0.2) is 4.52 Å². The number of hydrogen-bond donors (Lipinski definition) is 2. The van der Waals surface area contributed by atoms with Gasteiger partial charge in [-0.25, -0.2) is 0 Å². The maximum absolute atomic E-state index is 10.6. The smallest absolute Gasteiger partial charge is 0.260 e. The Hall–Kier alpha value is -1.02. The molecule has 0 bridgehead atoms. The van der Waals surface area contributed by atoms with Crippen LogP contribution in [0.1, 0.15) is 44.5 Å². The second-order valence-corrected chi connectivity index (χ2v) is 6.22. The van der Waals surface area contributed by atoms with E-state index < -0.39 is 5.60 Å². The third-order valence-corrected chi connectivity index (χ3v) is 4.32. The van der Waals surface area contributed by atoms with Crippen molar-refractivity contribution in [1.82, 2.24) is 20.4 Å². The highest BCUT2D eigenvalue weighted by Crippen LogP contribution is 2.29. The molecular weight excluding hydrogens is 272 g/mol. The maximum atomic E-state index is 10.6. The summed E-state index contributed by atoms with van der Waals surface area (Å²) in [5, 5.41) is 17.8. The summed E-state index contributed by atoms with van der Waals surface area (Å²) in [7, 11) is 0. The first kappa shape index (κ1) is 14.9. The highest BCUT2D eigenvalue weighted by atomic mass is 16.5. The van der Waals surface area contributed by atoms with Gasteiger partial charge in [0.05, 0.1) is 6.61 Å². The number of nitrogens with one attached hydrogen (secondary N) is 1. The standard InChI is InChI=1S/C14H24N4O3/c1-10(2)18-6-7-20-11(8-18)12-16-13(21-17-12)14(19)4-3-5-15-9-14/h10-11,15,19H,3-9H2,1-2H3. The van der Waals surface area contributed by atoms with E-state index in [9.17, 15) is 5.11 Å². The summed E-state index contributed by atoms with van der Waals surface area (Å²) in [6, 6.07) is 0.467. The summed E-state index contributed by atoms with van der Waals surface area (Å²) in [6.45, 7) is 8.05. The zero-order valence-corrected chi connectivity index (χ0v) is 12.7. The van der Waals surface area contributed by atoms with Gasteiger partial charge >= 0.3 is 0 Å².